The van der Waals surface area contributed by atoms with Crippen molar-refractivity contribution in [3.63, 3.8) is 0 Å². The minimum absolute atomic E-state index is 0.182. The molecule has 0 saturated heterocycles. The summed E-state index contributed by atoms with van der Waals surface area (Å²) in [7, 11) is -2.10. The average molecular weight is 426 g/mol. The summed E-state index contributed by atoms with van der Waals surface area (Å²) in [4.78, 5) is 0.251. The van der Waals surface area contributed by atoms with Crippen LogP contribution in [0.1, 0.15) is 19.4 Å². The van der Waals surface area contributed by atoms with Gasteiger partial charge in [-0.3, -0.25) is 0 Å². The molecule has 0 fully saturated rings. The van der Waals surface area contributed by atoms with Crippen LogP contribution in [0.2, 0.25) is 0 Å². The second kappa shape index (κ2) is 9.78. The first-order chi connectivity index (χ1) is 14.4. The summed E-state index contributed by atoms with van der Waals surface area (Å²) in [5.41, 5.74) is 0.862. The number of hydrogen-bond acceptors (Lipinski definition) is 4. The molecule has 0 N–H and O–H groups in total. The van der Waals surface area contributed by atoms with E-state index in [1.807, 2.05) is 68.4 Å². The zero-order valence-electron chi connectivity index (χ0n) is 17.5. The first kappa shape index (κ1) is 21.9. The van der Waals surface area contributed by atoms with Crippen LogP contribution in [-0.2, 0) is 16.6 Å². The molecule has 0 aliphatic rings. The van der Waals surface area contributed by atoms with Crippen molar-refractivity contribution in [1.82, 2.24) is 4.31 Å². The van der Waals surface area contributed by atoms with Crippen molar-refractivity contribution in [3.05, 3.63) is 84.4 Å². The molecule has 0 aliphatic heterocycles. The van der Waals surface area contributed by atoms with Gasteiger partial charge in [0.2, 0.25) is 10.0 Å². The third kappa shape index (κ3) is 5.62. The van der Waals surface area contributed by atoms with Crippen LogP contribution in [-0.4, -0.2) is 26.4 Å². The molecule has 158 valence electrons. The van der Waals surface area contributed by atoms with E-state index in [0.29, 0.717) is 18.0 Å². The fourth-order valence-corrected chi connectivity index (χ4v) is 4.68. The Balaban J connectivity index is 1.84. The second-order valence-electron chi connectivity index (χ2n) is 7.43. The quantitative estimate of drug-likeness (QED) is 0.465. The molecule has 3 aromatic carbocycles. The largest absolute Gasteiger partial charge is 0.497 e. The Labute approximate surface area is 178 Å². The summed E-state index contributed by atoms with van der Waals surface area (Å²) in [5.74, 6) is 2.21. The van der Waals surface area contributed by atoms with Crippen molar-refractivity contribution < 1.29 is 17.9 Å². The van der Waals surface area contributed by atoms with Crippen LogP contribution in [0, 0.1) is 5.92 Å². The van der Waals surface area contributed by atoms with E-state index < -0.39 is 10.0 Å². The molecule has 3 rings (SSSR count). The van der Waals surface area contributed by atoms with Gasteiger partial charge in [0.1, 0.15) is 17.2 Å². The highest BCUT2D eigenvalue weighted by molar-refractivity contribution is 7.89. The molecule has 5 nitrogen and oxygen atoms in total. The van der Waals surface area contributed by atoms with Crippen molar-refractivity contribution in [2.75, 3.05) is 13.7 Å². The summed E-state index contributed by atoms with van der Waals surface area (Å²) >= 11 is 0. The molecule has 0 heterocycles. The molecule has 0 saturated carbocycles. The number of rotatable bonds is 9. The molecule has 0 aromatic heterocycles. The Morgan fingerprint density at radius 2 is 1.50 bits per heavy atom. The predicted molar refractivity (Wildman–Crippen MR) is 118 cm³/mol. The van der Waals surface area contributed by atoms with E-state index >= 15 is 0 Å². The zero-order valence-corrected chi connectivity index (χ0v) is 18.3. The molecule has 0 aliphatic carbocycles. The van der Waals surface area contributed by atoms with Crippen molar-refractivity contribution in [3.8, 4) is 17.2 Å². The molecule has 6 heteroatoms. The second-order valence-corrected chi connectivity index (χ2v) is 9.37. The van der Waals surface area contributed by atoms with Crippen LogP contribution in [0.25, 0.3) is 0 Å². The van der Waals surface area contributed by atoms with Crippen LogP contribution in [0.15, 0.2) is 83.8 Å². The summed E-state index contributed by atoms with van der Waals surface area (Å²) in [5, 5.41) is 0. The molecule has 0 radical (unpaired) electrons. The number of para-hydroxylation sites is 1. The smallest absolute Gasteiger partial charge is 0.243 e. The van der Waals surface area contributed by atoms with E-state index in [1.165, 1.54) is 4.31 Å². The molecular weight excluding hydrogens is 398 g/mol. The molecule has 0 bridgehead atoms. The number of nitrogens with zero attached hydrogens (tertiary/aromatic N) is 1. The van der Waals surface area contributed by atoms with Crippen molar-refractivity contribution in [2.45, 2.75) is 25.3 Å². The third-order valence-electron chi connectivity index (χ3n) is 4.50. The Hall–Kier alpha value is -2.83. The molecule has 30 heavy (non-hydrogen) atoms. The van der Waals surface area contributed by atoms with E-state index in [0.717, 1.165) is 11.3 Å². The lowest BCUT2D eigenvalue weighted by molar-refractivity contribution is 0.361. The monoisotopic (exact) mass is 425 g/mol. The number of benzene rings is 3. The Morgan fingerprint density at radius 1 is 0.833 bits per heavy atom. The molecule has 0 spiro atoms. The van der Waals surface area contributed by atoms with Gasteiger partial charge >= 0.3 is 0 Å². The van der Waals surface area contributed by atoms with E-state index in [2.05, 4.69) is 0 Å². The van der Waals surface area contributed by atoms with Gasteiger partial charge in [-0.25, -0.2) is 8.42 Å². The predicted octanol–water partition coefficient (Wildman–Crippen LogP) is 5.33. The fourth-order valence-electron chi connectivity index (χ4n) is 3.09. The lowest BCUT2D eigenvalue weighted by atomic mass is 10.2. The van der Waals surface area contributed by atoms with Gasteiger partial charge in [-0.2, -0.15) is 4.31 Å². The van der Waals surface area contributed by atoms with Gasteiger partial charge in [-0.05, 0) is 60.0 Å². The van der Waals surface area contributed by atoms with E-state index in [4.69, 9.17) is 9.47 Å². The standard InChI is InChI=1S/C24H27NO4S/c1-19(2)17-25(30(26,27)24-14-12-21(28-3)13-15-24)18-20-8-7-11-23(16-20)29-22-9-5-4-6-10-22/h4-16,19H,17-18H2,1-3H3. The normalized spacial score (nSPS) is 11.6. The Bertz CT molecular complexity index is 1050. The first-order valence-electron chi connectivity index (χ1n) is 9.84. The summed E-state index contributed by atoms with van der Waals surface area (Å²) in [6.45, 7) is 4.69. The molecular formula is C24H27NO4S. The fraction of sp³-hybridized carbons (Fsp3) is 0.250. The topological polar surface area (TPSA) is 55.8 Å². The van der Waals surface area contributed by atoms with Gasteiger partial charge in [0, 0.05) is 13.1 Å². The summed E-state index contributed by atoms with van der Waals surface area (Å²) < 4.78 is 39.2. The Morgan fingerprint density at radius 3 is 2.13 bits per heavy atom. The van der Waals surface area contributed by atoms with Crippen LogP contribution in [0.4, 0.5) is 0 Å². The minimum atomic E-state index is -3.65. The van der Waals surface area contributed by atoms with Crippen molar-refractivity contribution >= 4 is 10.0 Å². The highest BCUT2D eigenvalue weighted by Gasteiger charge is 2.25. The highest BCUT2D eigenvalue weighted by Crippen LogP contribution is 2.25. The lowest BCUT2D eigenvalue weighted by Crippen LogP contribution is -2.33. The number of sulfonamides is 1. The molecule has 0 unspecified atom stereocenters. The van der Waals surface area contributed by atoms with E-state index in [1.54, 1.807) is 31.4 Å². The van der Waals surface area contributed by atoms with Gasteiger partial charge in [0.25, 0.3) is 0 Å². The lowest BCUT2D eigenvalue weighted by Gasteiger charge is -2.24. The number of methoxy groups -OCH3 is 1. The molecule has 0 amide bonds. The molecule has 3 aromatic rings. The maximum Gasteiger partial charge on any atom is 0.243 e. The van der Waals surface area contributed by atoms with Crippen LogP contribution >= 0.6 is 0 Å². The van der Waals surface area contributed by atoms with E-state index in [-0.39, 0.29) is 17.4 Å². The van der Waals surface area contributed by atoms with Crippen molar-refractivity contribution in [1.29, 1.82) is 0 Å². The maximum absolute atomic E-state index is 13.3. The maximum atomic E-state index is 13.3. The third-order valence-corrected chi connectivity index (χ3v) is 6.33. The van der Waals surface area contributed by atoms with Crippen LogP contribution in [0.3, 0.4) is 0 Å². The van der Waals surface area contributed by atoms with Crippen LogP contribution in [0.5, 0.6) is 17.2 Å². The van der Waals surface area contributed by atoms with Gasteiger partial charge < -0.3 is 9.47 Å². The average Bonchev–Trinajstić information content (AvgIpc) is 2.74. The SMILES string of the molecule is COc1ccc(S(=O)(=O)N(Cc2cccc(Oc3ccccc3)c2)CC(C)C)cc1. The van der Waals surface area contributed by atoms with Gasteiger partial charge in [0.05, 0.1) is 12.0 Å². The van der Waals surface area contributed by atoms with Gasteiger partial charge in [0.15, 0.2) is 0 Å². The van der Waals surface area contributed by atoms with E-state index in [9.17, 15) is 8.42 Å². The van der Waals surface area contributed by atoms with Crippen LogP contribution < -0.4 is 9.47 Å². The minimum Gasteiger partial charge on any atom is -0.497 e. The number of hydrogen-bond donors (Lipinski definition) is 0. The van der Waals surface area contributed by atoms with Crippen molar-refractivity contribution in [2.24, 2.45) is 5.92 Å². The summed E-state index contributed by atoms with van der Waals surface area (Å²) in [6.07, 6.45) is 0. The first-order valence-corrected chi connectivity index (χ1v) is 11.3. The summed E-state index contributed by atoms with van der Waals surface area (Å²) in [6, 6.07) is 23.5. The van der Waals surface area contributed by atoms with Gasteiger partial charge in [-0.1, -0.05) is 44.2 Å². The Kier molecular flexibility index (Phi) is 7.13. The zero-order chi connectivity index (χ0) is 21.6. The number of ether oxygens (including phenoxy) is 2. The molecule has 0 atom stereocenters. The van der Waals surface area contributed by atoms with Gasteiger partial charge in [-0.15, -0.1) is 0 Å². The highest BCUT2D eigenvalue weighted by atomic mass is 32.2.